The van der Waals surface area contributed by atoms with E-state index in [1.165, 1.54) is 24.2 Å². The van der Waals surface area contributed by atoms with Crippen LogP contribution in [0.15, 0.2) is 0 Å². The van der Waals surface area contributed by atoms with Crippen LogP contribution >= 0.6 is 11.3 Å². The van der Waals surface area contributed by atoms with Gasteiger partial charge in [0.2, 0.25) is 11.0 Å². The second-order valence-corrected chi connectivity index (χ2v) is 7.51. The topological polar surface area (TPSA) is 80.9 Å². The largest absolute Gasteiger partial charge is 0.329 e. The number of anilines is 1. The third-order valence-corrected chi connectivity index (χ3v) is 5.06. The molecule has 3 N–H and O–H groups in total. The maximum absolute atomic E-state index is 12.7. The molecule has 2 rings (SSSR count). The Kier molecular flexibility index (Phi) is 5.70. The highest BCUT2D eigenvalue weighted by molar-refractivity contribution is 7.15. The molecular formula is C15H26N4OS. The molecule has 1 heterocycles. The normalized spacial score (nSPS) is 18.5. The van der Waals surface area contributed by atoms with Crippen molar-refractivity contribution in [2.45, 2.75) is 58.8 Å². The second kappa shape index (κ2) is 7.31. The van der Waals surface area contributed by atoms with Gasteiger partial charge in [-0.15, -0.1) is 10.2 Å². The number of nitrogens with two attached hydrogens (primary N) is 1. The van der Waals surface area contributed by atoms with Crippen LogP contribution in [0, 0.1) is 11.3 Å². The zero-order chi connectivity index (χ0) is 15.3. The minimum atomic E-state index is -0.416. The van der Waals surface area contributed by atoms with Crippen molar-refractivity contribution in [3.63, 3.8) is 0 Å². The Labute approximate surface area is 130 Å². The summed E-state index contributed by atoms with van der Waals surface area (Å²) in [5, 5.41) is 12.8. The zero-order valence-corrected chi connectivity index (χ0v) is 13.8. The van der Waals surface area contributed by atoms with Crippen LogP contribution in [0.25, 0.3) is 0 Å². The van der Waals surface area contributed by atoms with Crippen LogP contribution in [0.1, 0.15) is 57.4 Å². The molecule has 1 aromatic rings. The highest BCUT2D eigenvalue weighted by atomic mass is 32.1. The molecule has 21 heavy (non-hydrogen) atoms. The zero-order valence-electron chi connectivity index (χ0n) is 13.0. The lowest BCUT2D eigenvalue weighted by atomic mass is 9.79. The van der Waals surface area contributed by atoms with Gasteiger partial charge in [0.15, 0.2) is 0 Å². The third-order valence-electron chi connectivity index (χ3n) is 4.20. The van der Waals surface area contributed by atoms with Crippen LogP contribution < -0.4 is 11.1 Å². The average molecular weight is 310 g/mol. The van der Waals surface area contributed by atoms with Gasteiger partial charge < -0.3 is 5.73 Å². The first-order valence-electron chi connectivity index (χ1n) is 7.89. The van der Waals surface area contributed by atoms with Gasteiger partial charge in [-0.2, -0.15) is 0 Å². The number of nitrogens with one attached hydrogen (secondary N) is 1. The fraction of sp³-hybridized carbons (Fsp3) is 0.800. The van der Waals surface area contributed by atoms with E-state index < -0.39 is 5.41 Å². The Morgan fingerprint density at radius 2 is 1.95 bits per heavy atom. The van der Waals surface area contributed by atoms with E-state index in [0.717, 1.165) is 37.1 Å². The molecule has 1 aromatic heterocycles. The summed E-state index contributed by atoms with van der Waals surface area (Å²) in [5.41, 5.74) is 5.52. The Balaban J connectivity index is 2.03. The standard InChI is InChI=1S/C15H26N4OS/c1-11(2)9-12-18-19-14(21-12)17-13(20)15(10-16)7-5-3-4-6-8-15/h11H,3-10,16H2,1-2H3,(H,17,19,20). The van der Waals surface area contributed by atoms with Crippen LogP contribution in [0.3, 0.4) is 0 Å². The van der Waals surface area contributed by atoms with Crippen LogP contribution in [0.4, 0.5) is 5.13 Å². The summed E-state index contributed by atoms with van der Waals surface area (Å²) in [6.07, 6.45) is 7.23. The summed E-state index contributed by atoms with van der Waals surface area (Å²) in [6.45, 7) is 4.71. The fourth-order valence-corrected chi connectivity index (χ4v) is 3.84. The smallest absolute Gasteiger partial charge is 0.233 e. The number of carbonyl (C=O) groups is 1. The van der Waals surface area contributed by atoms with Crippen molar-refractivity contribution >= 4 is 22.4 Å². The number of aromatic nitrogens is 2. The average Bonchev–Trinajstić information content (AvgIpc) is 2.74. The molecule has 0 bridgehead atoms. The van der Waals surface area contributed by atoms with E-state index in [2.05, 4.69) is 29.4 Å². The van der Waals surface area contributed by atoms with Gasteiger partial charge in [0, 0.05) is 13.0 Å². The van der Waals surface area contributed by atoms with E-state index >= 15 is 0 Å². The SMILES string of the molecule is CC(C)Cc1nnc(NC(=O)C2(CN)CCCCCC2)s1. The van der Waals surface area contributed by atoms with Gasteiger partial charge in [0.05, 0.1) is 5.41 Å². The number of amides is 1. The Bertz CT molecular complexity index is 464. The molecule has 1 fully saturated rings. The van der Waals surface area contributed by atoms with Crippen LogP contribution in [-0.4, -0.2) is 22.6 Å². The summed E-state index contributed by atoms with van der Waals surface area (Å²) in [7, 11) is 0. The van der Waals surface area contributed by atoms with Crippen molar-refractivity contribution in [3.8, 4) is 0 Å². The number of hydrogen-bond acceptors (Lipinski definition) is 5. The summed E-state index contributed by atoms with van der Waals surface area (Å²) in [4.78, 5) is 12.7. The maximum Gasteiger partial charge on any atom is 0.233 e. The lowest BCUT2D eigenvalue weighted by Gasteiger charge is -2.29. The first-order chi connectivity index (χ1) is 10.1. The molecule has 0 atom stereocenters. The molecule has 0 aliphatic heterocycles. The van der Waals surface area contributed by atoms with Crippen LogP contribution in [-0.2, 0) is 11.2 Å². The van der Waals surface area contributed by atoms with Crippen LogP contribution in [0.2, 0.25) is 0 Å². The molecule has 1 amide bonds. The van der Waals surface area contributed by atoms with Crippen molar-refractivity contribution < 1.29 is 4.79 Å². The van der Waals surface area contributed by atoms with E-state index in [0.29, 0.717) is 17.6 Å². The minimum absolute atomic E-state index is 0.0270. The Hall–Kier alpha value is -1.01. The van der Waals surface area contributed by atoms with E-state index in [9.17, 15) is 4.79 Å². The van der Waals surface area contributed by atoms with Gasteiger partial charge in [0.1, 0.15) is 5.01 Å². The van der Waals surface area contributed by atoms with Crippen molar-refractivity contribution in [1.29, 1.82) is 0 Å². The molecule has 1 saturated carbocycles. The Morgan fingerprint density at radius 1 is 1.29 bits per heavy atom. The summed E-state index contributed by atoms with van der Waals surface area (Å²) in [6, 6.07) is 0. The van der Waals surface area contributed by atoms with Crippen LogP contribution in [0.5, 0.6) is 0 Å². The quantitative estimate of drug-likeness (QED) is 0.819. The molecule has 0 aromatic carbocycles. The van der Waals surface area contributed by atoms with E-state index in [4.69, 9.17) is 5.73 Å². The van der Waals surface area contributed by atoms with Gasteiger partial charge >= 0.3 is 0 Å². The number of hydrogen-bond donors (Lipinski definition) is 2. The van der Waals surface area contributed by atoms with Gasteiger partial charge in [0.25, 0.3) is 0 Å². The Morgan fingerprint density at radius 3 is 2.52 bits per heavy atom. The molecule has 118 valence electrons. The van der Waals surface area contributed by atoms with Crippen molar-refractivity contribution in [2.24, 2.45) is 17.1 Å². The van der Waals surface area contributed by atoms with E-state index in [-0.39, 0.29) is 5.91 Å². The van der Waals surface area contributed by atoms with E-state index in [1.807, 2.05) is 0 Å². The molecule has 0 radical (unpaired) electrons. The van der Waals surface area contributed by atoms with Gasteiger partial charge in [-0.1, -0.05) is 50.9 Å². The first-order valence-corrected chi connectivity index (χ1v) is 8.71. The highest BCUT2D eigenvalue weighted by Crippen LogP contribution is 2.35. The fourth-order valence-electron chi connectivity index (χ4n) is 2.89. The predicted octanol–water partition coefficient (Wildman–Crippen LogP) is 2.97. The maximum atomic E-state index is 12.7. The summed E-state index contributed by atoms with van der Waals surface area (Å²) < 4.78 is 0. The first kappa shape index (κ1) is 16.4. The molecule has 1 aliphatic rings. The molecule has 5 nitrogen and oxygen atoms in total. The van der Waals surface area contributed by atoms with Crippen molar-refractivity contribution in [3.05, 3.63) is 5.01 Å². The van der Waals surface area contributed by atoms with Crippen molar-refractivity contribution in [2.75, 3.05) is 11.9 Å². The molecule has 0 saturated heterocycles. The third kappa shape index (κ3) is 4.23. The monoisotopic (exact) mass is 310 g/mol. The highest BCUT2D eigenvalue weighted by Gasteiger charge is 2.37. The van der Waals surface area contributed by atoms with Gasteiger partial charge in [-0.05, 0) is 18.8 Å². The van der Waals surface area contributed by atoms with Crippen molar-refractivity contribution in [1.82, 2.24) is 10.2 Å². The predicted molar refractivity (Wildman–Crippen MR) is 86.3 cm³/mol. The summed E-state index contributed by atoms with van der Waals surface area (Å²) in [5.74, 6) is 0.567. The lowest BCUT2D eigenvalue weighted by Crippen LogP contribution is -2.42. The molecular weight excluding hydrogens is 284 g/mol. The van der Waals surface area contributed by atoms with Gasteiger partial charge in [-0.25, -0.2) is 0 Å². The second-order valence-electron chi connectivity index (χ2n) is 6.45. The molecule has 0 unspecified atom stereocenters. The van der Waals surface area contributed by atoms with E-state index in [1.54, 1.807) is 0 Å². The summed E-state index contributed by atoms with van der Waals surface area (Å²) >= 11 is 1.47. The molecule has 6 heteroatoms. The van der Waals surface area contributed by atoms with Gasteiger partial charge in [-0.3, -0.25) is 10.1 Å². The molecule has 1 aliphatic carbocycles. The number of rotatable bonds is 5. The number of nitrogens with zero attached hydrogens (tertiary/aromatic N) is 2. The minimum Gasteiger partial charge on any atom is -0.329 e. The number of carbonyl (C=O) groups excluding carboxylic acids is 1. The molecule has 0 spiro atoms. The lowest BCUT2D eigenvalue weighted by molar-refractivity contribution is -0.125.